The number of hydrogen-bond donors (Lipinski definition) is 1. The Hall–Kier alpha value is -4.71. The van der Waals surface area contributed by atoms with E-state index in [9.17, 15) is 29.8 Å². The van der Waals surface area contributed by atoms with E-state index >= 15 is 0 Å². The van der Waals surface area contributed by atoms with Gasteiger partial charge < -0.3 is 4.74 Å². The Morgan fingerprint density at radius 2 is 1.69 bits per heavy atom. The van der Waals surface area contributed by atoms with Crippen LogP contribution in [-0.4, -0.2) is 27.9 Å². The number of hydrazone groups is 1. The summed E-state index contributed by atoms with van der Waals surface area (Å²) in [6.45, 7) is 0. The van der Waals surface area contributed by atoms with Crippen molar-refractivity contribution in [1.82, 2.24) is 5.43 Å². The van der Waals surface area contributed by atoms with Crippen LogP contribution in [0, 0.1) is 20.2 Å². The third-order valence-electron chi connectivity index (χ3n) is 4.39. The third-order valence-corrected chi connectivity index (χ3v) is 4.92. The fourth-order valence-corrected chi connectivity index (χ4v) is 3.03. The summed E-state index contributed by atoms with van der Waals surface area (Å²) in [7, 11) is 0. The molecule has 11 nitrogen and oxygen atoms in total. The minimum Gasteiger partial charge on any atom is -0.415 e. The summed E-state index contributed by atoms with van der Waals surface area (Å²) in [4.78, 5) is 45.5. The molecule has 176 valence electrons. The molecule has 12 heteroatoms. The first-order valence-corrected chi connectivity index (χ1v) is 10.5. The Morgan fingerprint density at radius 1 is 0.971 bits per heavy atom. The second-order valence-corrected chi connectivity index (χ2v) is 7.68. The highest BCUT2D eigenvalue weighted by atomic mass is 79.9. The molecule has 0 atom stereocenters. The molecule has 1 N–H and O–H groups in total. The van der Waals surface area contributed by atoms with Crippen molar-refractivity contribution >= 4 is 51.5 Å². The minimum absolute atomic E-state index is 0.0624. The lowest BCUT2D eigenvalue weighted by Crippen LogP contribution is -2.17. The second-order valence-electron chi connectivity index (χ2n) is 6.77. The van der Waals surface area contributed by atoms with Crippen molar-refractivity contribution < 1.29 is 24.2 Å². The molecule has 0 aliphatic carbocycles. The standard InChI is InChI=1S/C23H15BrN4O7/c24-18-10-8-16(9-11-18)23(30)26-25-14-17-4-2-6-20(28(33)34)22(17)35-21(29)12-7-15-3-1-5-19(13-15)27(31)32/h1-14H,(H,26,30)/b12-7+,25-14+. The minimum atomic E-state index is -0.959. The Labute approximate surface area is 206 Å². The lowest BCUT2D eigenvalue weighted by molar-refractivity contribution is -0.385. The van der Waals surface area contributed by atoms with Gasteiger partial charge in [-0.25, -0.2) is 10.2 Å². The number of hydrogen-bond acceptors (Lipinski definition) is 8. The summed E-state index contributed by atoms with van der Waals surface area (Å²) in [6.07, 6.45) is 3.36. The first kappa shape index (κ1) is 24.9. The maximum Gasteiger partial charge on any atom is 0.336 e. The van der Waals surface area contributed by atoms with Crippen LogP contribution in [0.4, 0.5) is 11.4 Å². The number of carbonyl (C=O) groups excluding carboxylic acids is 2. The number of rotatable bonds is 8. The fraction of sp³-hybridized carbons (Fsp3) is 0. The zero-order chi connectivity index (χ0) is 25.4. The molecule has 0 saturated carbocycles. The molecule has 0 saturated heterocycles. The number of nitro benzene ring substituents is 2. The van der Waals surface area contributed by atoms with Crippen molar-refractivity contribution in [3.63, 3.8) is 0 Å². The Bertz CT molecular complexity index is 1350. The van der Waals surface area contributed by atoms with Gasteiger partial charge in [0, 0.05) is 39.9 Å². The van der Waals surface area contributed by atoms with E-state index in [1.165, 1.54) is 42.5 Å². The van der Waals surface area contributed by atoms with Crippen molar-refractivity contribution in [3.8, 4) is 5.75 Å². The molecule has 1 amide bonds. The maximum absolute atomic E-state index is 12.3. The summed E-state index contributed by atoms with van der Waals surface area (Å²) < 4.78 is 5.97. The van der Waals surface area contributed by atoms with Crippen molar-refractivity contribution in [2.24, 2.45) is 5.10 Å². The van der Waals surface area contributed by atoms with E-state index in [-0.39, 0.29) is 17.0 Å². The number of esters is 1. The van der Waals surface area contributed by atoms with Crippen LogP contribution in [0.1, 0.15) is 21.5 Å². The number of ether oxygens (including phenoxy) is 1. The third kappa shape index (κ3) is 6.88. The Kier molecular flexibility index (Phi) is 8.14. The van der Waals surface area contributed by atoms with Crippen molar-refractivity contribution in [2.75, 3.05) is 0 Å². The molecule has 0 aliphatic rings. The van der Waals surface area contributed by atoms with Gasteiger partial charge in [0.15, 0.2) is 0 Å². The van der Waals surface area contributed by atoms with E-state index < -0.39 is 27.4 Å². The van der Waals surface area contributed by atoms with Crippen LogP contribution in [-0.2, 0) is 4.79 Å². The van der Waals surface area contributed by atoms with Gasteiger partial charge in [0.1, 0.15) is 0 Å². The average molecular weight is 539 g/mol. The zero-order valence-corrected chi connectivity index (χ0v) is 19.2. The van der Waals surface area contributed by atoms with Crippen LogP contribution >= 0.6 is 15.9 Å². The number of nitrogens with one attached hydrogen (secondary N) is 1. The van der Waals surface area contributed by atoms with E-state index in [0.717, 1.165) is 22.8 Å². The van der Waals surface area contributed by atoms with E-state index in [1.54, 1.807) is 24.3 Å². The number of halogens is 1. The second kappa shape index (κ2) is 11.4. The average Bonchev–Trinajstić information content (AvgIpc) is 2.84. The number of non-ortho nitro benzene ring substituents is 1. The van der Waals surface area contributed by atoms with Crippen LogP contribution < -0.4 is 10.2 Å². The van der Waals surface area contributed by atoms with Gasteiger partial charge in [-0.2, -0.15) is 5.10 Å². The van der Waals surface area contributed by atoms with Gasteiger partial charge in [0.25, 0.3) is 11.6 Å². The van der Waals surface area contributed by atoms with Crippen LogP contribution in [0.3, 0.4) is 0 Å². The number of para-hydroxylation sites is 1. The molecule has 0 heterocycles. The number of nitro groups is 2. The number of nitrogens with zero attached hydrogens (tertiary/aromatic N) is 3. The lowest BCUT2D eigenvalue weighted by atomic mass is 10.2. The van der Waals surface area contributed by atoms with E-state index in [2.05, 4.69) is 26.5 Å². The molecular weight excluding hydrogens is 524 g/mol. The largest absolute Gasteiger partial charge is 0.415 e. The fourth-order valence-electron chi connectivity index (χ4n) is 2.77. The monoisotopic (exact) mass is 538 g/mol. The van der Waals surface area contributed by atoms with Gasteiger partial charge in [-0.15, -0.1) is 0 Å². The van der Waals surface area contributed by atoms with E-state index in [4.69, 9.17) is 4.74 Å². The van der Waals surface area contributed by atoms with Crippen LogP contribution in [0.2, 0.25) is 0 Å². The normalized spacial score (nSPS) is 10.9. The molecule has 0 unspecified atom stereocenters. The smallest absolute Gasteiger partial charge is 0.336 e. The molecule has 35 heavy (non-hydrogen) atoms. The molecule has 0 bridgehead atoms. The molecule has 0 aliphatic heterocycles. The molecule has 3 rings (SSSR count). The Morgan fingerprint density at radius 3 is 2.37 bits per heavy atom. The summed E-state index contributed by atoms with van der Waals surface area (Å²) >= 11 is 3.27. The first-order valence-electron chi connectivity index (χ1n) is 9.75. The number of amides is 1. The molecular formula is C23H15BrN4O7. The highest BCUT2D eigenvalue weighted by Crippen LogP contribution is 2.30. The molecule has 0 aromatic heterocycles. The van der Waals surface area contributed by atoms with Gasteiger partial charge in [-0.05, 0) is 42.0 Å². The van der Waals surface area contributed by atoms with Gasteiger partial charge in [-0.1, -0.05) is 34.1 Å². The molecule has 3 aromatic carbocycles. The van der Waals surface area contributed by atoms with Gasteiger partial charge >= 0.3 is 11.7 Å². The number of benzene rings is 3. The zero-order valence-electron chi connectivity index (χ0n) is 17.7. The van der Waals surface area contributed by atoms with Gasteiger partial charge in [0.05, 0.1) is 16.1 Å². The van der Waals surface area contributed by atoms with Crippen LogP contribution in [0.15, 0.2) is 82.4 Å². The molecule has 3 aromatic rings. The van der Waals surface area contributed by atoms with Crippen LogP contribution in [0.25, 0.3) is 6.08 Å². The highest BCUT2D eigenvalue weighted by molar-refractivity contribution is 9.10. The maximum atomic E-state index is 12.3. The quantitative estimate of drug-likeness (QED) is 0.109. The van der Waals surface area contributed by atoms with Crippen molar-refractivity contribution in [1.29, 1.82) is 0 Å². The predicted octanol–water partition coefficient (Wildman–Crippen LogP) is 4.65. The Balaban J connectivity index is 1.78. The van der Waals surface area contributed by atoms with E-state index in [0.29, 0.717) is 11.1 Å². The molecule has 0 fully saturated rings. The molecule has 0 spiro atoms. The van der Waals surface area contributed by atoms with Gasteiger partial charge in [0.2, 0.25) is 5.75 Å². The first-order chi connectivity index (χ1) is 16.7. The number of carbonyl (C=O) groups is 2. The molecule has 0 radical (unpaired) electrons. The van der Waals surface area contributed by atoms with Crippen LogP contribution in [0.5, 0.6) is 5.75 Å². The topological polar surface area (TPSA) is 154 Å². The summed E-state index contributed by atoms with van der Waals surface area (Å²) in [6, 6.07) is 16.0. The van der Waals surface area contributed by atoms with Gasteiger partial charge in [-0.3, -0.25) is 25.0 Å². The lowest BCUT2D eigenvalue weighted by Gasteiger charge is -2.06. The van der Waals surface area contributed by atoms with Crippen molar-refractivity contribution in [2.45, 2.75) is 0 Å². The van der Waals surface area contributed by atoms with E-state index in [1.807, 2.05) is 0 Å². The summed E-state index contributed by atoms with van der Waals surface area (Å²) in [5, 5.41) is 26.1. The SMILES string of the molecule is O=C(/C=C/c1cccc([N+](=O)[O-])c1)Oc1c(/C=N/NC(=O)c2ccc(Br)cc2)cccc1[N+](=O)[O-]. The summed E-state index contributed by atoms with van der Waals surface area (Å²) in [5.74, 6) is -1.86. The predicted molar refractivity (Wildman–Crippen MR) is 130 cm³/mol. The summed E-state index contributed by atoms with van der Waals surface area (Å²) in [5.41, 5.74) is 2.39. The van der Waals surface area contributed by atoms with Crippen molar-refractivity contribution in [3.05, 3.63) is 114 Å². The highest BCUT2D eigenvalue weighted by Gasteiger charge is 2.20.